The van der Waals surface area contributed by atoms with Gasteiger partial charge in [-0.3, -0.25) is 9.59 Å². The van der Waals surface area contributed by atoms with Crippen LogP contribution in [0.5, 0.6) is 0 Å². The lowest BCUT2D eigenvalue weighted by Gasteiger charge is -2.30. The Morgan fingerprint density at radius 1 is 1.35 bits per heavy atom. The van der Waals surface area contributed by atoms with Gasteiger partial charge in [0.2, 0.25) is 5.91 Å². The van der Waals surface area contributed by atoms with E-state index in [0.29, 0.717) is 19.5 Å². The molecule has 0 aliphatic carbocycles. The zero-order valence-corrected chi connectivity index (χ0v) is 10.7. The molecule has 0 atom stereocenters. The summed E-state index contributed by atoms with van der Waals surface area (Å²) in [7, 11) is 3.30. The number of nitrogens with one attached hydrogen (secondary N) is 1. The summed E-state index contributed by atoms with van der Waals surface area (Å²) in [5, 5.41) is 3.02. The van der Waals surface area contributed by atoms with Gasteiger partial charge in [0.05, 0.1) is 13.0 Å². The van der Waals surface area contributed by atoms with Crippen LogP contribution in [0.1, 0.15) is 25.7 Å². The average molecular weight is 242 g/mol. The molecule has 0 aromatic heterocycles. The third-order valence-corrected chi connectivity index (χ3v) is 3.20. The topological polar surface area (TPSA) is 58.6 Å². The minimum absolute atomic E-state index is 0.0265. The largest absolute Gasteiger partial charge is 0.469 e. The van der Waals surface area contributed by atoms with Crippen molar-refractivity contribution in [2.45, 2.75) is 25.7 Å². The molecule has 5 nitrogen and oxygen atoms in total. The van der Waals surface area contributed by atoms with E-state index < -0.39 is 0 Å². The number of carbonyl (C=O) groups excluding carboxylic acids is 2. The summed E-state index contributed by atoms with van der Waals surface area (Å²) in [6, 6.07) is 0. The van der Waals surface area contributed by atoms with Crippen molar-refractivity contribution in [3.8, 4) is 0 Å². The number of ether oxygens (including phenoxy) is 1. The second-order valence-corrected chi connectivity index (χ2v) is 4.39. The monoisotopic (exact) mass is 242 g/mol. The van der Waals surface area contributed by atoms with Crippen molar-refractivity contribution >= 4 is 11.9 Å². The molecule has 0 aromatic carbocycles. The third kappa shape index (κ3) is 4.34. The second kappa shape index (κ2) is 7.27. The van der Waals surface area contributed by atoms with Crippen molar-refractivity contribution in [2.75, 3.05) is 33.8 Å². The molecule has 1 rings (SSSR count). The number of hydrogen-bond donors (Lipinski definition) is 1. The number of methoxy groups -OCH3 is 1. The van der Waals surface area contributed by atoms with Crippen molar-refractivity contribution in [1.29, 1.82) is 0 Å². The van der Waals surface area contributed by atoms with Crippen LogP contribution in [0, 0.1) is 5.92 Å². The Labute approximate surface area is 102 Å². The molecule has 1 fully saturated rings. The quantitative estimate of drug-likeness (QED) is 0.560. The van der Waals surface area contributed by atoms with Gasteiger partial charge in [-0.05, 0) is 32.9 Å². The van der Waals surface area contributed by atoms with Crippen molar-refractivity contribution in [1.82, 2.24) is 10.2 Å². The number of piperidine rings is 1. The molecule has 1 heterocycles. The van der Waals surface area contributed by atoms with Crippen LogP contribution in [0.25, 0.3) is 0 Å². The van der Waals surface area contributed by atoms with Crippen LogP contribution in [-0.2, 0) is 14.3 Å². The summed E-state index contributed by atoms with van der Waals surface area (Å²) in [5.41, 5.74) is 0. The van der Waals surface area contributed by atoms with E-state index >= 15 is 0 Å². The number of hydrogen-bond acceptors (Lipinski definition) is 4. The van der Waals surface area contributed by atoms with Crippen molar-refractivity contribution in [2.24, 2.45) is 5.92 Å². The third-order valence-electron chi connectivity index (χ3n) is 3.20. The molecule has 0 saturated carbocycles. The van der Waals surface area contributed by atoms with Crippen LogP contribution in [0.15, 0.2) is 0 Å². The van der Waals surface area contributed by atoms with Gasteiger partial charge in [-0.25, -0.2) is 0 Å². The van der Waals surface area contributed by atoms with Crippen molar-refractivity contribution < 1.29 is 14.3 Å². The van der Waals surface area contributed by atoms with E-state index in [-0.39, 0.29) is 17.8 Å². The number of carbonyl (C=O) groups is 2. The lowest BCUT2D eigenvalue weighted by Crippen LogP contribution is -2.40. The van der Waals surface area contributed by atoms with Gasteiger partial charge in [-0.15, -0.1) is 0 Å². The lowest BCUT2D eigenvalue weighted by atomic mass is 9.97. The number of esters is 1. The van der Waals surface area contributed by atoms with Crippen LogP contribution in [0.3, 0.4) is 0 Å². The Morgan fingerprint density at radius 3 is 2.53 bits per heavy atom. The summed E-state index contributed by atoms with van der Waals surface area (Å²) < 4.78 is 4.71. The van der Waals surface area contributed by atoms with Crippen LogP contribution < -0.4 is 5.32 Å². The van der Waals surface area contributed by atoms with Gasteiger partial charge in [-0.1, -0.05) is 0 Å². The van der Waals surface area contributed by atoms with E-state index in [2.05, 4.69) is 5.32 Å². The Balaban J connectivity index is 2.26. The molecule has 0 bridgehead atoms. The molecule has 1 saturated heterocycles. The SMILES string of the molecule is CNCCCC(=O)N1CCC(C(=O)OC)CC1. The predicted octanol–water partition coefficient (Wildman–Crippen LogP) is 0.398. The molecular weight excluding hydrogens is 220 g/mol. The Hall–Kier alpha value is -1.10. The molecule has 0 unspecified atom stereocenters. The zero-order valence-electron chi connectivity index (χ0n) is 10.7. The maximum Gasteiger partial charge on any atom is 0.308 e. The Bertz CT molecular complexity index is 260. The van der Waals surface area contributed by atoms with Crippen molar-refractivity contribution in [3.63, 3.8) is 0 Å². The molecule has 98 valence electrons. The first-order chi connectivity index (χ1) is 8.19. The highest BCUT2D eigenvalue weighted by Crippen LogP contribution is 2.19. The van der Waals surface area contributed by atoms with Gasteiger partial charge >= 0.3 is 5.97 Å². The molecule has 5 heteroatoms. The molecule has 1 amide bonds. The van der Waals surface area contributed by atoms with Gasteiger partial charge in [0, 0.05) is 19.5 Å². The van der Waals surface area contributed by atoms with E-state index in [1.54, 1.807) is 0 Å². The lowest BCUT2D eigenvalue weighted by molar-refractivity contribution is -0.148. The fourth-order valence-corrected chi connectivity index (χ4v) is 2.11. The smallest absolute Gasteiger partial charge is 0.308 e. The van der Waals surface area contributed by atoms with Gasteiger partial charge in [0.25, 0.3) is 0 Å². The number of nitrogens with zero attached hydrogens (tertiary/aromatic N) is 1. The highest BCUT2D eigenvalue weighted by Gasteiger charge is 2.27. The number of likely N-dealkylation sites (tertiary alicyclic amines) is 1. The highest BCUT2D eigenvalue weighted by molar-refractivity contribution is 5.77. The van der Waals surface area contributed by atoms with Crippen LogP contribution in [0.2, 0.25) is 0 Å². The Morgan fingerprint density at radius 2 is 2.00 bits per heavy atom. The van der Waals surface area contributed by atoms with Crippen LogP contribution >= 0.6 is 0 Å². The van der Waals surface area contributed by atoms with Crippen LogP contribution in [-0.4, -0.2) is 50.6 Å². The maximum atomic E-state index is 11.8. The molecule has 0 spiro atoms. The van der Waals surface area contributed by atoms with E-state index in [0.717, 1.165) is 25.8 Å². The summed E-state index contributed by atoms with van der Waals surface area (Å²) in [4.78, 5) is 25.0. The van der Waals surface area contributed by atoms with Gasteiger partial charge in [-0.2, -0.15) is 0 Å². The minimum Gasteiger partial charge on any atom is -0.469 e. The highest BCUT2D eigenvalue weighted by atomic mass is 16.5. The summed E-state index contributed by atoms with van der Waals surface area (Å²) in [5.74, 6) is 0.0252. The molecule has 0 radical (unpaired) electrons. The minimum atomic E-state index is -0.146. The fourth-order valence-electron chi connectivity index (χ4n) is 2.11. The van der Waals surface area contributed by atoms with Gasteiger partial charge in [0.1, 0.15) is 0 Å². The first-order valence-electron chi connectivity index (χ1n) is 6.19. The predicted molar refractivity (Wildman–Crippen MR) is 64.5 cm³/mol. The molecule has 17 heavy (non-hydrogen) atoms. The summed E-state index contributed by atoms with van der Waals surface area (Å²) in [6.45, 7) is 2.22. The Kier molecular flexibility index (Phi) is 5.97. The normalized spacial score (nSPS) is 16.9. The van der Waals surface area contributed by atoms with Crippen LogP contribution in [0.4, 0.5) is 0 Å². The zero-order chi connectivity index (χ0) is 12.7. The number of amides is 1. The number of rotatable bonds is 5. The first-order valence-corrected chi connectivity index (χ1v) is 6.19. The molecule has 1 aliphatic rings. The van der Waals surface area contributed by atoms with E-state index in [4.69, 9.17) is 4.74 Å². The average Bonchev–Trinajstić information content (AvgIpc) is 2.38. The van der Waals surface area contributed by atoms with Gasteiger partial charge in [0.15, 0.2) is 0 Å². The molecule has 1 N–H and O–H groups in total. The first kappa shape index (κ1) is 14.0. The molecule has 1 aliphatic heterocycles. The maximum absolute atomic E-state index is 11.8. The standard InChI is InChI=1S/C12H22N2O3/c1-13-7-3-4-11(15)14-8-5-10(6-9-14)12(16)17-2/h10,13H,3-9H2,1-2H3. The molecule has 0 aromatic rings. The van der Waals surface area contributed by atoms with E-state index in [9.17, 15) is 9.59 Å². The molecular formula is C12H22N2O3. The second-order valence-electron chi connectivity index (χ2n) is 4.39. The van der Waals surface area contributed by atoms with Gasteiger partial charge < -0.3 is 15.0 Å². The van der Waals surface area contributed by atoms with Crippen molar-refractivity contribution in [3.05, 3.63) is 0 Å². The fraction of sp³-hybridized carbons (Fsp3) is 0.833. The van der Waals surface area contributed by atoms with E-state index in [1.165, 1.54) is 7.11 Å². The van der Waals surface area contributed by atoms with E-state index in [1.807, 2.05) is 11.9 Å². The summed E-state index contributed by atoms with van der Waals surface area (Å²) in [6.07, 6.45) is 2.91. The summed E-state index contributed by atoms with van der Waals surface area (Å²) >= 11 is 0.